The van der Waals surface area contributed by atoms with Crippen LogP contribution >= 0.6 is 22.9 Å². The van der Waals surface area contributed by atoms with Crippen LogP contribution < -0.4 is 5.73 Å². The molecule has 2 aromatic heterocycles. The van der Waals surface area contributed by atoms with Crippen molar-refractivity contribution in [2.45, 2.75) is 6.54 Å². The molecular formula is C14H11ClN2S. The lowest BCUT2D eigenvalue weighted by molar-refractivity contribution is 1.06. The van der Waals surface area contributed by atoms with Crippen molar-refractivity contribution in [2.24, 2.45) is 5.73 Å². The van der Waals surface area contributed by atoms with Gasteiger partial charge in [-0.25, -0.2) is 0 Å². The number of rotatable bonds is 2. The fraction of sp³-hybridized carbons (Fsp3) is 0.0714. The second-order valence-corrected chi connectivity index (χ2v) is 5.57. The molecule has 1 aromatic carbocycles. The number of hydrogen-bond donors (Lipinski definition) is 1. The molecule has 0 atom stereocenters. The summed E-state index contributed by atoms with van der Waals surface area (Å²) in [6.07, 6.45) is 1.80. The molecule has 0 saturated heterocycles. The van der Waals surface area contributed by atoms with E-state index in [-0.39, 0.29) is 0 Å². The first-order chi connectivity index (χ1) is 8.76. The van der Waals surface area contributed by atoms with E-state index in [9.17, 15) is 0 Å². The van der Waals surface area contributed by atoms with Gasteiger partial charge in [0.15, 0.2) is 0 Å². The molecule has 0 unspecified atom stereocenters. The largest absolute Gasteiger partial charge is 0.326 e. The zero-order chi connectivity index (χ0) is 12.5. The Morgan fingerprint density at radius 2 is 2.06 bits per heavy atom. The van der Waals surface area contributed by atoms with Crippen molar-refractivity contribution >= 4 is 33.0 Å². The van der Waals surface area contributed by atoms with E-state index in [2.05, 4.69) is 11.1 Å². The maximum Gasteiger partial charge on any atom is 0.0805 e. The Hall–Kier alpha value is -1.42. The van der Waals surface area contributed by atoms with Crippen LogP contribution in [0.3, 0.4) is 0 Å². The third-order valence-corrected chi connectivity index (χ3v) is 4.16. The lowest BCUT2D eigenvalue weighted by atomic mass is 10.2. The van der Waals surface area contributed by atoms with Crippen LogP contribution in [0.4, 0.5) is 0 Å². The van der Waals surface area contributed by atoms with Gasteiger partial charge in [0.1, 0.15) is 0 Å². The van der Waals surface area contributed by atoms with Crippen molar-refractivity contribution < 1.29 is 0 Å². The Morgan fingerprint density at radius 1 is 1.17 bits per heavy atom. The summed E-state index contributed by atoms with van der Waals surface area (Å²) in [5.74, 6) is 0. The SMILES string of the molecule is NCc1ccnc(-c2cc3cc(Cl)ccc3s2)c1. The smallest absolute Gasteiger partial charge is 0.0805 e. The predicted octanol–water partition coefficient (Wildman–Crippen LogP) is 4.08. The van der Waals surface area contributed by atoms with Crippen LogP contribution in [0.2, 0.25) is 5.02 Å². The van der Waals surface area contributed by atoms with E-state index in [0.717, 1.165) is 26.5 Å². The first-order valence-corrected chi connectivity index (χ1v) is 6.80. The van der Waals surface area contributed by atoms with Crippen molar-refractivity contribution in [1.82, 2.24) is 4.98 Å². The van der Waals surface area contributed by atoms with Crippen LogP contribution in [-0.4, -0.2) is 4.98 Å². The number of nitrogens with two attached hydrogens (primary N) is 1. The Labute approximate surface area is 114 Å². The average molecular weight is 275 g/mol. The first-order valence-electron chi connectivity index (χ1n) is 5.61. The highest BCUT2D eigenvalue weighted by Crippen LogP contribution is 2.33. The number of pyridine rings is 1. The van der Waals surface area contributed by atoms with Crippen molar-refractivity contribution in [3.05, 3.63) is 53.2 Å². The summed E-state index contributed by atoms with van der Waals surface area (Å²) in [7, 11) is 0. The van der Waals surface area contributed by atoms with Gasteiger partial charge in [-0.2, -0.15) is 0 Å². The molecule has 90 valence electrons. The number of benzene rings is 1. The van der Waals surface area contributed by atoms with Gasteiger partial charge in [0.2, 0.25) is 0 Å². The minimum atomic E-state index is 0.534. The van der Waals surface area contributed by atoms with Gasteiger partial charge in [0, 0.05) is 22.5 Å². The summed E-state index contributed by atoms with van der Waals surface area (Å²) in [5.41, 5.74) is 7.71. The van der Waals surface area contributed by atoms with Crippen LogP contribution in [0.1, 0.15) is 5.56 Å². The van der Waals surface area contributed by atoms with E-state index in [0.29, 0.717) is 6.54 Å². The summed E-state index contributed by atoms with van der Waals surface area (Å²) in [6, 6.07) is 12.0. The van der Waals surface area contributed by atoms with Crippen molar-refractivity contribution in [3.8, 4) is 10.6 Å². The molecule has 4 heteroatoms. The Kier molecular flexibility index (Phi) is 3.04. The molecule has 0 aliphatic carbocycles. The molecule has 0 saturated carbocycles. The number of aromatic nitrogens is 1. The minimum Gasteiger partial charge on any atom is -0.326 e. The van der Waals surface area contributed by atoms with E-state index in [1.807, 2.05) is 30.3 Å². The maximum absolute atomic E-state index is 5.99. The number of halogens is 1. The van der Waals surface area contributed by atoms with Gasteiger partial charge in [0.25, 0.3) is 0 Å². The number of hydrogen-bond acceptors (Lipinski definition) is 3. The Morgan fingerprint density at radius 3 is 2.89 bits per heavy atom. The summed E-state index contributed by atoms with van der Waals surface area (Å²) in [6.45, 7) is 0.534. The Bertz CT molecular complexity index is 706. The molecule has 2 heterocycles. The highest BCUT2D eigenvalue weighted by Gasteiger charge is 2.06. The van der Waals surface area contributed by atoms with E-state index < -0.39 is 0 Å². The molecule has 0 aliphatic rings. The average Bonchev–Trinajstić information content (AvgIpc) is 2.81. The van der Waals surface area contributed by atoms with Crippen molar-refractivity contribution in [1.29, 1.82) is 0 Å². The molecule has 0 spiro atoms. The topological polar surface area (TPSA) is 38.9 Å². The molecule has 0 amide bonds. The standard InChI is InChI=1S/C14H11ClN2S/c15-11-1-2-13-10(6-11)7-14(18-13)12-5-9(8-16)3-4-17-12/h1-7H,8,16H2. The van der Waals surface area contributed by atoms with E-state index >= 15 is 0 Å². The van der Waals surface area contributed by atoms with Gasteiger partial charge in [0.05, 0.1) is 10.6 Å². The second-order valence-electron chi connectivity index (χ2n) is 4.05. The van der Waals surface area contributed by atoms with Gasteiger partial charge in [-0.1, -0.05) is 11.6 Å². The van der Waals surface area contributed by atoms with Gasteiger partial charge in [-0.15, -0.1) is 11.3 Å². The minimum absolute atomic E-state index is 0.534. The third-order valence-electron chi connectivity index (χ3n) is 2.79. The highest BCUT2D eigenvalue weighted by molar-refractivity contribution is 7.22. The highest BCUT2D eigenvalue weighted by atomic mass is 35.5. The first kappa shape index (κ1) is 11.7. The fourth-order valence-corrected chi connectivity index (χ4v) is 3.07. The summed E-state index contributed by atoms with van der Waals surface area (Å²) in [4.78, 5) is 5.54. The van der Waals surface area contributed by atoms with Gasteiger partial charge < -0.3 is 5.73 Å². The molecule has 0 fully saturated rings. The fourth-order valence-electron chi connectivity index (χ4n) is 1.88. The lowest BCUT2D eigenvalue weighted by Gasteiger charge is -1.99. The molecular weight excluding hydrogens is 264 g/mol. The van der Waals surface area contributed by atoms with E-state index in [1.54, 1.807) is 17.5 Å². The lowest BCUT2D eigenvalue weighted by Crippen LogP contribution is -1.96. The number of fused-ring (bicyclic) bond motifs is 1. The zero-order valence-corrected chi connectivity index (χ0v) is 11.1. The summed E-state index contributed by atoms with van der Waals surface area (Å²) >= 11 is 7.71. The molecule has 2 N–H and O–H groups in total. The van der Waals surface area contributed by atoms with Crippen LogP contribution in [0.25, 0.3) is 20.7 Å². The van der Waals surface area contributed by atoms with Crippen LogP contribution in [-0.2, 0) is 6.54 Å². The van der Waals surface area contributed by atoms with Gasteiger partial charge in [-0.3, -0.25) is 4.98 Å². The number of nitrogens with zero attached hydrogens (tertiary/aromatic N) is 1. The molecule has 3 aromatic rings. The molecule has 0 radical (unpaired) electrons. The summed E-state index contributed by atoms with van der Waals surface area (Å²) in [5, 5.41) is 1.91. The summed E-state index contributed by atoms with van der Waals surface area (Å²) < 4.78 is 1.22. The van der Waals surface area contributed by atoms with Gasteiger partial charge in [-0.05, 0) is 47.3 Å². The maximum atomic E-state index is 5.99. The molecule has 3 rings (SSSR count). The zero-order valence-electron chi connectivity index (χ0n) is 9.56. The second kappa shape index (κ2) is 4.69. The quantitative estimate of drug-likeness (QED) is 0.765. The van der Waals surface area contributed by atoms with E-state index in [4.69, 9.17) is 17.3 Å². The van der Waals surface area contributed by atoms with E-state index in [1.165, 1.54) is 4.70 Å². The predicted molar refractivity (Wildman–Crippen MR) is 78.0 cm³/mol. The monoisotopic (exact) mass is 274 g/mol. The molecule has 2 nitrogen and oxygen atoms in total. The van der Waals surface area contributed by atoms with Crippen LogP contribution in [0.15, 0.2) is 42.6 Å². The molecule has 18 heavy (non-hydrogen) atoms. The normalized spacial score (nSPS) is 11.0. The molecule has 0 bridgehead atoms. The van der Waals surface area contributed by atoms with Crippen LogP contribution in [0.5, 0.6) is 0 Å². The van der Waals surface area contributed by atoms with Crippen molar-refractivity contribution in [2.75, 3.05) is 0 Å². The third kappa shape index (κ3) is 2.12. The molecule has 0 aliphatic heterocycles. The van der Waals surface area contributed by atoms with Crippen molar-refractivity contribution in [3.63, 3.8) is 0 Å². The van der Waals surface area contributed by atoms with Gasteiger partial charge >= 0.3 is 0 Å². The Balaban J connectivity index is 2.13. The van der Waals surface area contributed by atoms with Crippen LogP contribution in [0, 0.1) is 0 Å². The number of thiophene rings is 1.